The smallest absolute Gasteiger partial charge is 0.270 e. The van der Waals surface area contributed by atoms with Gasteiger partial charge in [-0.3, -0.25) is 19.7 Å². The van der Waals surface area contributed by atoms with Crippen molar-refractivity contribution in [3.63, 3.8) is 0 Å². The van der Waals surface area contributed by atoms with Gasteiger partial charge < -0.3 is 15.2 Å². The molecule has 0 bridgehead atoms. The Kier molecular flexibility index (Phi) is 3.61. The average molecular weight is 352 g/mol. The van der Waals surface area contributed by atoms with Crippen molar-refractivity contribution in [1.29, 1.82) is 0 Å². The first-order valence-electron chi connectivity index (χ1n) is 8.20. The fraction of sp³-hybridized carbons (Fsp3) is 0.222. The minimum absolute atomic E-state index is 0.0353. The van der Waals surface area contributed by atoms with Crippen LogP contribution in [0.2, 0.25) is 0 Å². The number of H-pyrrole nitrogens is 1. The van der Waals surface area contributed by atoms with E-state index in [0.29, 0.717) is 29.9 Å². The highest BCUT2D eigenvalue weighted by atomic mass is 16.6. The quantitative estimate of drug-likeness (QED) is 0.491. The third kappa shape index (κ3) is 2.65. The predicted octanol–water partition coefficient (Wildman–Crippen LogP) is 2.32. The summed E-state index contributed by atoms with van der Waals surface area (Å²) >= 11 is 0. The number of benzene rings is 1. The molecule has 0 saturated heterocycles. The molecule has 8 heteroatoms. The molecule has 0 atom stereocenters. The van der Waals surface area contributed by atoms with E-state index in [1.807, 2.05) is 6.07 Å². The second-order valence-corrected chi connectivity index (χ2v) is 6.42. The SMILES string of the molecule is CC(=O)N1CCc2[nH]c(/C=C3\C(=O)Nc4ccc([N+](=O)[O-])cc43)cc2C1. The van der Waals surface area contributed by atoms with Crippen molar-refractivity contribution in [2.24, 2.45) is 0 Å². The number of fused-ring (bicyclic) bond motifs is 2. The highest BCUT2D eigenvalue weighted by molar-refractivity contribution is 6.35. The number of carbonyl (C=O) groups excluding carboxylic acids is 2. The van der Waals surface area contributed by atoms with E-state index in [1.165, 1.54) is 18.2 Å². The Morgan fingerprint density at radius 3 is 2.88 bits per heavy atom. The Bertz CT molecular complexity index is 989. The molecule has 2 aliphatic heterocycles. The van der Waals surface area contributed by atoms with E-state index < -0.39 is 4.92 Å². The number of non-ortho nitro benzene ring substituents is 1. The lowest BCUT2D eigenvalue weighted by Crippen LogP contribution is -2.33. The zero-order valence-electron chi connectivity index (χ0n) is 14.0. The molecule has 0 saturated carbocycles. The molecule has 0 spiro atoms. The number of nitrogens with one attached hydrogen (secondary N) is 2. The van der Waals surface area contributed by atoms with E-state index in [4.69, 9.17) is 0 Å². The molecule has 2 N–H and O–H groups in total. The fourth-order valence-corrected chi connectivity index (χ4v) is 3.40. The Morgan fingerprint density at radius 1 is 1.35 bits per heavy atom. The number of aromatic amines is 1. The standard InChI is InChI=1S/C18H16N4O4/c1-10(23)21-5-4-16-11(9-21)6-12(19-16)7-15-14-8-13(22(25)26)2-3-17(14)20-18(15)24/h2-3,6-8,19H,4-5,9H2,1H3,(H,20,24)/b15-7-. The van der Waals surface area contributed by atoms with Gasteiger partial charge in [-0.15, -0.1) is 0 Å². The molecule has 132 valence electrons. The van der Waals surface area contributed by atoms with Gasteiger partial charge in [-0.25, -0.2) is 0 Å². The second kappa shape index (κ2) is 5.83. The van der Waals surface area contributed by atoms with E-state index in [0.717, 1.165) is 23.4 Å². The first-order chi connectivity index (χ1) is 12.4. The van der Waals surface area contributed by atoms with Crippen LogP contribution in [0.15, 0.2) is 24.3 Å². The fourth-order valence-electron chi connectivity index (χ4n) is 3.40. The van der Waals surface area contributed by atoms with Crippen molar-refractivity contribution in [3.8, 4) is 0 Å². The number of amides is 2. The lowest BCUT2D eigenvalue weighted by Gasteiger charge is -2.25. The summed E-state index contributed by atoms with van der Waals surface area (Å²) in [6.45, 7) is 2.75. The number of nitro benzene ring substituents is 1. The molecule has 8 nitrogen and oxygen atoms in total. The van der Waals surface area contributed by atoms with E-state index >= 15 is 0 Å². The molecule has 2 amide bonds. The largest absolute Gasteiger partial charge is 0.359 e. The number of anilines is 1. The van der Waals surface area contributed by atoms with Crippen LogP contribution in [0.3, 0.4) is 0 Å². The van der Waals surface area contributed by atoms with Gasteiger partial charge in [-0.2, -0.15) is 0 Å². The molecule has 26 heavy (non-hydrogen) atoms. The molecule has 4 rings (SSSR count). The Hall–Kier alpha value is -3.42. The molecular weight excluding hydrogens is 336 g/mol. The summed E-state index contributed by atoms with van der Waals surface area (Å²) in [4.78, 5) is 39.4. The van der Waals surface area contributed by atoms with Crippen LogP contribution in [0.4, 0.5) is 11.4 Å². The topological polar surface area (TPSA) is 108 Å². The number of carbonyl (C=O) groups is 2. The minimum atomic E-state index is -0.482. The zero-order valence-corrected chi connectivity index (χ0v) is 14.0. The first-order valence-corrected chi connectivity index (χ1v) is 8.20. The van der Waals surface area contributed by atoms with E-state index in [9.17, 15) is 19.7 Å². The Labute approximate surface area is 148 Å². The van der Waals surface area contributed by atoms with Crippen LogP contribution < -0.4 is 5.32 Å². The summed E-state index contributed by atoms with van der Waals surface area (Å²) in [5.41, 5.74) is 4.21. The number of hydrogen-bond acceptors (Lipinski definition) is 4. The van der Waals surface area contributed by atoms with E-state index in [1.54, 1.807) is 17.9 Å². The van der Waals surface area contributed by atoms with Crippen LogP contribution in [0.1, 0.15) is 29.4 Å². The van der Waals surface area contributed by atoms with E-state index in [2.05, 4.69) is 10.3 Å². The molecule has 2 aliphatic rings. The van der Waals surface area contributed by atoms with Crippen LogP contribution in [0.5, 0.6) is 0 Å². The zero-order chi connectivity index (χ0) is 18.4. The van der Waals surface area contributed by atoms with Crippen LogP contribution in [-0.4, -0.2) is 33.2 Å². The third-order valence-corrected chi connectivity index (χ3v) is 4.75. The van der Waals surface area contributed by atoms with Crippen LogP contribution >= 0.6 is 0 Å². The maximum atomic E-state index is 12.3. The van der Waals surface area contributed by atoms with E-state index in [-0.39, 0.29) is 17.5 Å². The third-order valence-electron chi connectivity index (χ3n) is 4.75. The van der Waals surface area contributed by atoms with Gasteiger partial charge in [0, 0.05) is 61.2 Å². The van der Waals surface area contributed by atoms with Crippen LogP contribution in [0.25, 0.3) is 11.6 Å². The molecule has 0 fully saturated rings. The van der Waals surface area contributed by atoms with Gasteiger partial charge in [0.1, 0.15) is 0 Å². The normalized spacial score (nSPS) is 17.0. The number of nitrogens with zero attached hydrogens (tertiary/aromatic N) is 2. The minimum Gasteiger partial charge on any atom is -0.359 e. The lowest BCUT2D eigenvalue weighted by atomic mass is 10.0. The highest BCUT2D eigenvalue weighted by Gasteiger charge is 2.27. The molecule has 2 aromatic rings. The number of hydrogen-bond donors (Lipinski definition) is 2. The predicted molar refractivity (Wildman–Crippen MR) is 95.2 cm³/mol. The molecule has 1 aromatic heterocycles. The van der Waals surface area contributed by atoms with Crippen molar-refractivity contribution in [2.75, 3.05) is 11.9 Å². The average Bonchev–Trinajstić information content (AvgIpc) is 3.14. The Morgan fingerprint density at radius 2 is 2.15 bits per heavy atom. The van der Waals surface area contributed by atoms with Crippen molar-refractivity contribution in [2.45, 2.75) is 19.9 Å². The summed E-state index contributed by atoms with van der Waals surface area (Å²) in [6.07, 6.45) is 2.42. The number of aromatic nitrogens is 1. The highest BCUT2D eigenvalue weighted by Crippen LogP contribution is 2.35. The van der Waals surface area contributed by atoms with Gasteiger partial charge in [-0.1, -0.05) is 0 Å². The van der Waals surface area contributed by atoms with Gasteiger partial charge in [0.2, 0.25) is 5.91 Å². The monoisotopic (exact) mass is 352 g/mol. The molecule has 0 unspecified atom stereocenters. The summed E-state index contributed by atoms with van der Waals surface area (Å²) in [6, 6.07) is 6.22. The molecule has 3 heterocycles. The maximum absolute atomic E-state index is 12.3. The Balaban J connectivity index is 1.70. The van der Waals surface area contributed by atoms with Gasteiger partial charge in [0.25, 0.3) is 11.6 Å². The molecule has 0 radical (unpaired) electrons. The number of nitro groups is 1. The molecule has 0 aliphatic carbocycles. The van der Waals surface area contributed by atoms with Gasteiger partial charge in [-0.05, 0) is 23.8 Å². The molecule has 1 aromatic carbocycles. The van der Waals surface area contributed by atoms with Gasteiger partial charge in [0.15, 0.2) is 0 Å². The summed E-state index contributed by atoms with van der Waals surface area (Å²) < 4.78 is 0. The first kappa shape index (κ1) is 16.1. The van der Waals surface area contributed by atoms with Crippen LogP contribution in [-0.2, 0) is 22.6 Å². The van der Waals surface area contributed by atoms with Gasteiger partial charge >= 0.3 is 0 Å². The van der Waals surface area contributed by atoms with Crippen molar-refractivity contribution in [1.82, 2.24) is 9.88 Å². The summed E-state index contributed by atoms with van der Waals surface area (Å²) in [5.74, 6) is -0.258. The summed E-state index contributed by atoms with van der Waals surface area (Å²) in [7, 11) is 0. The van der Waals surface area contributed by atoms with Crippen LogP contribution in [0, 0.1) is 10.1 Å². The number of rotatable bonds is 2. The second-order valence-electron chi connectivity index (χ2n) is 6.42. The van der Waals surface area contributed by atoms with Crippen molar-refractivity contribution < 1.29 is 14.5 Å². The maximum Gasteiger partial charge on any atom is 0.270 e. The molecular formula is C18H16N4O4. The van der Waals surface area contributed by atoms with Crippen molar-refractivity contribution in [3.05, 3.63) is 56.9 Å². The van der Waals surface area contributed by atoms with Crippen molar-refractivity contribution >= 4 is 34.8 Å². The van der Waals surface area contributed by atoms with Gasteiger partial charge in [0.05, 0.1) is 10.5 Å². The lowest BCUT2D eigenvalue weighted by molar-refractivity contribution is -0.384. The summed E-state index contributed by atoms with van der Waals surface area (Å²) in [5, 5.41) is 13.7.